The van der Waals surface area contributed by atoms with Gasteiger partial charge in [0.15, 0.2) is 0 Å². The number of halogens is 1. The molecule has 28 heavy (non-hydrogen) atoms. The summed E-state index contributed by atoms with van der Waals surface area (Å²) >= 11 is 6.00. The lowest BCUT2D eigenvalue weighted by Crippen LogP contribution is -2.27. The molecule has 0 unspecified atom stereocenters. The Morgan fingerprint density at radius 3 is 2.61 bits per heavy atom. The molecule has 0 heterocycles. The molecule has 2 aromatic carbocycles. The van der Waals surface area contributed by atoms with Crippen molar-refractivity contribution in [1.29, 1.82) is 0 Å². The first-order valence-corrected chi connectivity index (χ1v) is 9.02. The topological polar surface area (TPSA) is 111 Å². The number of ether oxygens (including phenoxy) is 1. The number of nitro groups is 1. The van der Waals surface area contributed by atoms with Gasteiger partial charge in [0.2, 0.25) is 0 Å². The van der Waals surface area contributed by atoms with Gasteiger partial charge < -0.3 is 15.4 Å². The average Bonchev–Trinajstić information content (AvgIpc) is 2.68. The van der Waals surface area contributed by atoms with E-state index in [1.165, 1.54) is 12.1 Å². The summed E-state index contributed by atoms with van der Waals surface area (Å²) in [7, 11) is 0. The number of amides is 2. The molecule has 0 aliphatic carbocycles. The van der Waals surface area contributed by atoms with Crippen LogP contribution in [0.5, 0.6) is 0 Å². The molecule has 2 rings (SSSR count). The van der Waals surface area contributed by atoms with Crippen molar-refractivity contribution in [2.45, 2.75) is 13.3 Å². The van der Waals surface area contributed by atoms with E-state index in [1.807, 2.05) is 6.92 Å². The van der Waals surface area contributed by atoms with Crippen LogP contribution >= 0.6 is 11.6 Å². The van der Waals surface area contributed by atoms with Crippen LogP contribution in [0, 0.1) is 10.1 Å². The van der Waals surface area contributed by atoms with Gasteiger partial charge >= 0.3 is 0 Å². The van der Waals surface area contributed by atoms with Crippen molar-refractivity contribution in [3.8, 4) is 0 Å². The summed E-state index contributed by atoms with van der Waals surface area (Å²) in [5.41, 5.74) is 0.240. The van der Waals surface area contributed by atoms with E-state index in [-0.39, 0.29) is 33.4 Å². The highest BCUT2D eigenvalue weighted by Crippen LogP contribution is 2.24. The SMILES string of the molecule is CCOCCCNC(=O)c1ccccc1NC(=O)c1cc([N+](=O)[O-])ccc1Cl. The number of anilines is 1. The molecule has 2 amide bonds. The number of carbonyl (C=O) groups is 2. The van der Waals surface area contributed by atoms with E-state index in [0.29, 0.717) is 26.2 Å². The van der Waals surface area contributed by atoms with Crippen molar-refractivity contribution < 1.29 is 19.2 Å². The summed E-state index contributed by atoms with van der Waals surface area (Å²) in [5, 5.41) is 16.3. The molecule has 0 fully saturated rings. The molecule has 2 aromatic rings. The quantitative estimate of drug-likeness (QED) is 0.375. The zero-order valence-electron chi connectivity index (χ0n) is 15.2. The number of hydrogen-bond donors (Lipinski definition) is 2. The molecule has 0 bridgehead atoms. The molecule has 0 saturated heterocycles. The Balaban J connectivity index is 2.12. The minimum absolute atomic E-state index is 0.0530. The predicted octanol–water partition coefficient (Wildman–Crippen LogP) is 3.66. The minimum atomic E-state index is -0.648. The molecule has 0 aliphatic heterocycles. The maximum absolute atomic E-state index is 12.6. The van der Waals surface area contributed by atoms with E-state index >= 15 is 0 Å². The van der Waals surface area contributed by atoms with Crippen LogP contribution in [0.3, 0.4) is 0 Å². The first-order valence-electron chi connectivity index (χ1n) is 8.64. The van der Waals surface area contributed by atoms with Gasteiger partial charge in [0, 0.05) is 31.9 Å². The summed E-state index contributed by atoms with van der Waals surface area (Å²) < 4.78 is 5.22. The lowest BCUT2D eigenvalue weighted by molar-refractivity contribution is -0.384. The van der Waals surface area contributed by atoms with Crippen molar-refractivity contribution in [3.63, 3.8) is 0 Å². The third-order valence-corrected chi connectivity index (χ3v) is 4.11. The van der Waals surface area contributed by atoms with Crippen LogP contribution in [-0.4, -0.2) is 36.5 Å². The third kappa shape index (κ3) is 5.77. The first-order chi connectivity index (χ1) is 13.4. The second kappa shape index (κ2) is 10.4. The fourth-order valence-corrected chi connectivity index (χ4v) is 2.60. The fraction of sp³-hybridized carbons (Fsp3) is 0.263. The molecule has 0 radical (unpaired) electrons. The second-order valence-corrected chi connectivity index (χ2v) is 6.13. The molecule has 0 saturated carbocycles. The van der Waals surface area contributed by atoms with Crippen LogP contribution in [0.25, 0.3) is 0 Å². The third-order valence-electron chi connectivity index (χ3n) is 3.78. The number of nitrogens with one attached hydrogen (secondary N) is 2. The van der Waals surface area contributed by atoms with Crippen LogP contribution in [0.2, 0.25) is 5.02 Å². The van der Waals surface area contributed by atoms with Crippen LogP contribution in [-0.2, 0) is 4.74 Å². The van der Waals surface area contributed by atoms with E-state index in [0.717, 1.165) is 6.07 Å². The fourth-order valence-electron chi connectivity index (χ4n) is 2.40. The summed E-state index contributed by atoms with van der Waals surface area (Å²) in [4.78, 5) is 35.3. The predicted molar refractivity (Wildman–Crippen MR) is 106 cm³/mol. The number of carbonyl (C=O) groups excluding carboxylic acids is 2. The number of para-hydroxylation sites is 1. The van der Waals surface area contributed by atoms with Crippen molar-refractivity contribution in [3.05, 3.63) is 68.7 Å². The van der Waals surface area contributed by atoms with E-state index in [2.05, 4.69) is 10.6 Å². The molecule has 2 N–H and O–H groups in total. The first kappa shape index (κ1) is 21.3. The number of hydrogen-bond acceptors (Lipinski definition) is 5. The van der Waals surface area contributed by atoms with Crippen molar-refractivity contribution in [2.75, 3.05) is 25.1 Å². The largest absolute Gasteiger partial charge is 0.382 e. The summed E-state index contributed by atoms with van der Waals surface area (Å²) in [6, 6.07) is 10.1. The van der Waals surface area contributed by atoms with Gasteiger partial charge in [-0.25, -0.2) is 0 Å². The monoisotopic (exact) mass is 405 g/mol. The van der Waals surface area contributed by atoms with Gasteiger partial charge in [0.05, 0.1) is 26.8 Å². The number of nitrogens with zero attached hydrogens (tertiary/aromatic N) is 1. The van der Waals surface area contributed by atoms with Gasteiger partial charge in [-0.1, -0.05) is 23.7 Å². The standard InChI is InChI=1S/C19H20ClN3O5/c1-2-28-11-5-10-21-18(24)14-6-3-4-7-17(14)22-19(25)15-12-13(23(26)27)8-9-16(15)20/h3-4,6-9,12H,2,5,10-11H2,1H3,(H,21,24)(H,22,25). The molecule has 148 valence electrons. The van der Waals surface area contributed by atoms with Gasteiger partial charge in [0.25, 0.3) is 17.5 Å². The summed E-state index contributed by atoms with van der Waals surface area (Å²) in [5.74, 6) is -0.997. The Kier molecular flexibility index (Phi) is 7.91. The molecule has 0 spiro atoms. The lowest BCUT2D eigenvalue weighted by atomic mass is 10.1. The Morgan fingerprint density at radius 1 is 1.14 bits per heavy atom. The van der Waals surface area contributed by atoms with E-state index in [1.54, 1.807) is 24.3 Å². The Morgan fingerprint density at radius 2 is 1.89 bits per heavy atom. The minimum Gasteiger partial charge on any atom is -0.382 e. The molecule has 0 aliphatic rings. The lowest BCUT2D eigenvalue weighted by Gasteiger charge is -2.12. The molecular formula is C19H20ClN3O5. The molecule has 8 nitrogen and oxygen atoms in total. The van der Waals surface area contributed by atoms with Gasteiger partial charge in [-0.15, -0.1) is 0 Å². The maximum atomic E-state index is 12.6. The highest BCUT2D eigenvalue weighted by molar-refractivity contribution is 6.34. The number of nitro benzene ring substituents is 1. The highest BCUT2D eigenvalue weighted by atomic mass is 35.5. The van der Waals surface area contributed by atoms with Gasteiger partial charge in [0.1, 0.15) is 0 Å². The van der Waals surface area contributed by atoms with Crippen LogP contribution in [0.15, 0.2) is 42.5 Å². The normalized spacial score (nSPS) is 10.4. The van der Waals surface area contributed by atoms with Crippen molar-refractivity contribution in [1.82, 2.24) is 5.32 Å². The number of non-ortho nitro benzene ring substituents is 1. The highest BCUT2D eigenvalue weighted by Gasteiger charge is 2.18. The van der Waals surface area contributed by atoms with Gasteiger partial charge in [-0.3, -0.25) is 19.7 Å². The number of rotatable bonds is 9. The van der Waals surface area contributed by atoms with Crippen molar-refractivity contribution >= 4 is 34.8 Å². The van der Waals surface area contributed by atoms with E-state index in [9.17, 15) is 19.7 Å². The van der Waals surface area contributed by atoms with Crippen LogP contribution < -0.4 is 10.6 Å². The number of benzene rings is 2. The average molecular weight is 406 g/mol. The maximum Gasteiger partial charge on any atom is 0.270 e. The van der Waals surface area contributed by atoms with Gasteiger partial charge in [-0.2, -0.15) is 0 Å². The van der Waals surface area contributed by atoms with Crippen molar-refractivity contribution in [2.24, 2.45) is 0 Å². The zero-order chi connectivity index (χ0) is 20.5. The molecule has 0 atom stereocenters. The van der Waals surface area contributed by atoms with Gasteiger partial charge in [-0.05, 0) is 31.5 Å². The Labute approximate surface area is 167 Å². The van der Waals surface area contributed by atoms with E-state index in [4.69, 9.17) is 16.3 Å². The smallest absolute Gasteiger partial charge is 0.270 e. The summed E-state index contributed by atoms with van der Waals surface area (Å²) in [6.45, 7) is 3.48. The summed E-state index contributed by atoms with van der Waals surface area (Å²) in [6.07, 6.45) is 0.664. The molecule has 9 heteroatoms. The molecule has 0 aromatic heterocycles. The van der Waals surface area contributed by atoms with E-state index < -0.39 is 10.8 Å². The Hall–Kier alpha value is -2.97. The zero-order valence-corrected chi connectivity index (χ0v) is 16.0. The van der Waals surface area contributed by atoms with Crippen LogP contribution in [0.1, 0.15) is 34.1 Å². The second-order valence-electron chi connectivity index (χ2n) is 5.73. The molecular weight excluding hydrogens is 386 g/mol. The van der Waals surface area contributed by atoms with Crippen LogP contribution in [0.4, 0.5) is 11.4 Å². The Bertz CT molecular complexity index is 872.